The van der Waals surface area contributed by atoms with Crippen molar-refractivity contribution in [1.29, 1.82) is 0 Å². The lowest BCUT2D eigenvalue weighted by Crippen LogP contribution is -2.39. The van der Waals surface area contributed by atoms with Crippen molar-refractivity contribution in [3.8, 4) is 0 Å². The van der Waals surface area contributed by atoms with E-state index in [2.05, 4.69) is 0 Å². The molecule has 2 aliphatic heterocycles. The van der Waals surface area contributed by atoms with Gasteiger partial charge < -0.3 is 9.64 Å². The zero-order valence-electron chi connectivity index (χ0n) is 5.88. The number of amides is 1. The molecule has 2 fully saturated rings. The molecule has 0 N–H and O–H groups in total. The first-order valence-corrected chi connectivity index (χ1v) is 3.75. The highest BCUT2D eigenvalue weighted by Gasteiger charge is 2.32. The molecule has 0 aromatic carbocycles. The fourth-order valence-corrected chi connectivity index (χ4v) is 1.63. The van der Waals surface area contributed by atoms with Gasteiger partial charge in [0.05, 0.1) is 12.6 Å². The Kier molecular flexibility index (Phi) is 1.38. The molecule has 1 atom stereocenters. The molecule has 2 saturated heterocycles. The topological polar surface area (TPSA) is 29.5 Å². The zero-order valence-corrected chi connectivity index (χ0v) is 5.88. The molecule has 0 radical (unpaired) electrons. The lowest BCUT2D eigenvalue weighted by atomic mass is 10.0. The third-order valence-corrected chi connectivity index (χ3v) is 2.23. The number of hydrogen-bond donors (Lipinski definition) is 0. The summed E-state index contributed by atoms with van der Waals surface area (Å²) in [6, 6.07) is 0.404. The second kappa shape index (κ2) is 2.23. The monoisotopic (exact) mass is 141 g/mol. The SMILES string of the molecule is O=C1CCCC2COCN12. The number of rotatable bonds is 0. The lowest BCUT2D eigenvalue weighted by molar-refractivity contribution is -0.135. The Hall–Kier alpha value is -0.570. The normalized spacial score (nSPS) is 32.6. The van der Waals surface area contributed by atoms with Crippen molar-refractivity contribution < 1.29 is 9.53 Å². The summed E-state index contributed by atoms with van der Waals surface area (Å²) in [6.07, 6.45) is 2.90. The Balaban J connectivity index is 2.10. The van der Waals surface area contributed by atoms with E-state index in [4.69, 9.17) is 4.74 Å². The van der Waals surface area contributed by atoms with Crippen molar-refractivity contribution >= 4 is 5.91 Å². The van der Waals surface area contributed by atoms with E-state index in [1.807, 2.05) is 4.90 Å². The van der Waals surface area contributed by atoms with E-state index in [-0.39, 0.29) is 5.91 Å². The minimum absolute atomic E-state index is 0.272. The number of piperidine rings is 1. The first kappa shape index (κ1) is 6.16. The molecule has 56 valence electrons. The molecule has 10 heavy (non-hydrogen) atoms. The highest BCUT2D eigenvalue weighted by molar-refractivity contribution is 5.77. The summed E-state index contributed by atoms with van der Waals surface area (Å²) in [5.74, 6) is 0.272. The maximum absolute atomic E-state index is 11.1. The molecule has 3 heteroatoms. The standard InChI is InChI=1S/C7H11NO2/c9-7-3-1-2-6-4-10-5-8(6)7/h6H,1-5H2. The molecule has 1 amide bonds. The molecule has 0 bridgehead atoms. The van der Waals surface area contributed by atoms with Crippen LogP contribution in [0.2, 0.25) is 0 Å². The van der Waals surface area contributed by atoms with Crippen molar-refractivity contribution in [2.24, 2.45) is 0 Å². The molecular formula is C7H11NO2. The van der Waals surface area contributed by atoms with E-state index in [0.717, 1.165) is 25.9 Å². The smallest absolute Gasteiger partial charge is 0.224 e. The average Bonchev–Trinajstić information content (AvgIpc) is 2.36. The largest absolute Gasteiger partial charge is 0.359 e. The summed E-state index contributed by atoms with van der Waals surface area (Å²) in [4.78, 5) is 13.0. The highest BCUT2D eigenvalue weighted by atomic mass is 16.5. The molecule has 1 unspecified atom stereocenters. The van der Waals surface area contributed by atoms with E-state index < -0.39 is 0 Å². The van der Waals surface area contributed by atoms with Crippen molar-refractivity contribution in [2.45, 2.75) is 25.3 Å². The number of fused-ring (bicyclic) bond motifs is 1. The molecule has 0 saturated carbocycles. The van der Waals surface area contributed by atoms with Crippen LogP contribution in [-0.4, -0.2) is 30.2 Å². The maximum Gasteiger partial charge on any atom is 0.224 e. The van der Waals surface area contributed by atoms with E-state index in [0.29, 0.717) is 12.8 Å². The van der Waals surface area contributed by atoms with Gasteiger partial charge in [-0.3, -0.25) is 4.79 Å². The minimum Gasteiger partial charge on any atom is -0.359 e. The summed E-state index contributed by atoms with van der Waals surface area (Å²) in [5, 5.41) is 0. The van der Waals surface area contributed by atoms with Gasteiger partial charge in [-0.15, -0.1) is 0 Å². The van der Waals surface area contributed by atoms with E-state index >= 15 is 0 Å². The van der Waals surface area contributed by atoms with Gasteiger partial charge in [-0.1, -0.05) is 0 Å². The summed E-state index contributed by atoms with van der Waals surface area (Å²) in [5.41, 5.74) is 0. The van der Waals surface area contributed by atoms with Crippen molar-refractivity contribution in [3.63, 3.8) is 0 Å². The highest BCUT2D eigenvalue weighted by Crippen LogP contribution is 2.22. The van der Waals surface area contributed by atoms with Crippen molar-refractivity contribution in [2.75, 3.05) is 13.3 Å². The van der Waals surface area contributed by atoms with Crippen LogP contribution in [0, 0.1) is 0 Å². The Morgan fingerprint density at radius 1 is 1.60 bits per heavy atom. The van der Waals surface area contributed by atoms with Gasteiger partial charge in [0.1, 0.15) is 6.73 Å². The van der Waals surface area contributed by atoms with Crippen LogP contribution in [0.4, 0.5) is 0 Å². The van der Waals surface area contributed by atoms with Crippen LogP contribution in [0.3, 0.4) is 0 Å². The quantitative estimate of drug-likeness (QED) is 0.487. The first-order valence-electron chi connectivity index (χ1n) is 3.75. The molecular weight excluding hydrogens is 130 g/mol. The number of carbonyl (C=O) groups excluding carboxylic acids is 1. The van der Waals surface area contributed by atoms with Crippen molar-refractivity contribution in [1.82, 2.24) is 4.90 Å². The summed E-state index contributed by atoms with van der Waals surface area (Å²) < 4.78 is 5.17. The molecule has 0 aromatic heterocycles. The molecule has 0 aromatic rings. The van der Waals surface area contributed by atoms with Gasteiger partial charge in [-0.2, -0.15) is 0 Å². The Labute approximate surface area is 60.0 Å². The minimum atomic E-state index is 0.272. The molecule has 0 aliphatic carbocycles. The summed E-state index contributed by atoms with van der Waals surface area (Å²) in [7, 11) is 0. The first-order chi connectivity index (χ1) is 4.88. The van der Waals surface area contributed by atoms with Crippen LogP contribution in [0.1, 0.15) is 19.3 Å². The predicted octanol–water partition coefficient (Wildman–Crippen LogP) is 0.355. The third-order valence-electron chi connectivity index (χ3n) is 2.23. The van der Waals surface area contributed by atoms with E-state index in [1.54, 1.807) is 0 Å². The number of ether oxygens (including phenoxy) is 1. The number of carbonyl (C=O) groups is 1. The van der Waals surface area contributed by atoms with E-state index in [9.17, 15) is 4.79 Å². The van der Waals surface area contributed by atoms with E-state index in [1.165, 1.54) is 0 Å². The zero-order chi connectivity index (χ0) is 6.97. The lowest BCUT2D eigenvalue weighted by Gasteiger charge is -2.26. The fourth-order valence-electron chi connectivity index (χ4n) is 1.63. The van der Waals surface area contributed by atoms with Gasteiger partial charge in [0.2, 0.25) is 5.91 Å². The molecule has 2 aliphatic rings. The second-order valence-corrected chi connectivity index (χ2v) is 2.91. The molecule has 3 nitrogen and oxygen atoms in total. The van der Waals surface area contributed by atoms with Crippen LogP contribution in [0.15, 0.2) is 0 Å². The Bertz CT molecular complexity index is 158. The summed E-state index contributed by atoms with van der Waals surface area (Å²) in [6.45, 7) is 1.29. The van der Waals surface area contributed by atoms with Crippen LogP contribution < -0.4 is 0 Å². The maximum atomic E-state index is 11.1. The molecule has 2 rings (SSSR count). The van der Waals surface area contributed by atoms with Gasteiger partial charge >= 0.3 is 0 Å². The van der Waals surface area contributed by atoms with Crippen molar-refractivity contribution in [3.05, 3.63) is 0 Å². The van der Waals surface area contributed by atoms with Crippen LogP contribution in [0.25, 0.3) is 0 Å². The molecule has 2 heterocycles. The number of nitrogens with zero attached hydrogens (tertiary/aromatic N) is 1. The van der Waals surface area contributed by atoms with Crippen LogP contribution >= 0.6 is 0 Å². The van der Waals surface area contributed by atoms with Gasteiger partial charge in [0.25, 0.3) is 0 Å². The fraction of sp³-hybridized carbons (Fsp3) is 0.857. The van der Waals surface area contributed by atoms with Gasteiger partial charge in [-0.05, 0) is 12.8 Å². The van der Waals surface area contributed by atoms with Gasteiger partial charge in [0.15, 0.2) is 0 Å². The predicted molar refractivity (Wildman–Crippen MR) is 35.3 cm³/mol. The third kappa shape index (κ3) is 0.814. The van der Waals surface area contributed by atoms with Crippen LogP contribution in [0.5, 0.6) is 0 Å². The Morgan fingerprint density at radius 3 is 3.30 bits per heavy atom. The number of hydrogen-bond acceptors (Lipinski definition) is 2. The van der Waals surface area contributed by atoms with Gasteiger partial charge in [-0.25, -0.2) is 0 Å². The molecule has 0 spiro atoms. The van der Waals surface area contributed by atoms with Crippen LogP contribution in [-0.2, 0) is 9.53 Å². The second-order valence-electron chi connectivity index (χ2n) is 2.91. The van der Waals surface area contributed by atoms with Gasteiger partial charge in [0, 0.05) is 6.42 Å². The average molecular weight is 141 g/mol. The summed E-state index contributed by atoms with van der Waals surface area (Å²) >= 11 is 0. The Morgan fingerprint density at radius 2 is 2.50 bits per heavy atom.